The molecule has 1 N–H and O–H groups in total. The summed E-state index contributed by atoms with van der Waals surface area (Å²) in [6.45, 7) is 10.9. The smallest absolute Gasteiger partial charge is 0.161 e. The second kappa shape index (κ2) is 8.97. The van der Waals surface area contributed by atoms with Crippen molar-refractivity contribution in [3.05, 3.63) is 11.9 Å². The number of hydrogen-bond acceptors (Lipinski definition) is 4. The minimum absolute atomic E-state index is 0.210. The van der Waals surface area contributed by atoms with Gasteiger partial charge in [-0.05, 0) is 40.2 Å². The Morgan fingerprint density at radius 3 is 2.65 bits per heavy atom. The molecule has 1 atom stereocenters. The van der Waals surface area contributed by atoms with E-state index < -0.39 is 0 Å². The van der Waals surface area contributed by atoms with Crippen LogP contribution in [0.25, 0.3) is 0 Å². The molecular formula is C15H29N3O2. The average Bonchev–Trinajstić information content (AvgIpc) is 2.86. The van der Waals surface area contributed by atoms with Crippen molar-refractivity contribution in [3.63, 3.8) is 0 Å². The molecule has 1 aromatic rings. The Kier molecular flexibility index (Phi) is 7.62. The van der Waals surface area contributed by atoms with E-state index in [1.54, 1.807) is 13.3 Å². The van der Waals surface area contributed by atoms with E-state index in [0.29, 0.717) is 6.04 Å². The van der Waals surface area contributed by atoms with Crippen molar-refractivity contribution in [2.45, 2.75) is 52.6 Å². The molecule has 1 aromatic heterocycles. The highest BCUT2D eigenvalue weighted by Crippen LogP contribution is 2.29. The Morgan fingerprint density at radius 2 is 2.10 bits per heavy atom. The van der Waals surface area contributed by atoms with E-state index in [-0.39, 0.29) is 6.04 Å². The number of ether oxygens (including phenoxy) is 2. The fourth-order valence-electron chi connectivity index (χ4n) is 2.26. The standard InChI is InChI=1S/C15H29N3O2/c1-6-9-16-13(8-10-20-7-2)15-14(19-5)11-17-18(15)12(3)4/h11-13,16H,6-10H2,1-5H3. The van der Waals surface area contributed by atoms with Gasteiger partial charge in [0.2, 0.25) is 0 Å². The van der Waals surface area contributed by atoms with Crippen molar-refractivity contribution < 1.29 is 9.47 Å². The molecule has 0 aliphatic rings. The van der Waals surface area contributed by atoms with Crippen molar-refractivity contribution in [2.24, 2.45) is 0 Å². The van der Waals surface area contributed by atoms with Crippen LogP contribution in [-0.4, -0.2) is 36.6 Å². The molecule has 0 saturated carbocycles. The summed E-state index contributed by atoms with van der Waals surface area (Å²) in [4.78, 5) is 0. The van der Waals surface area contributed by atoms with Gasteiger partial charge in [0.1, 0.15) is 0 Å². The van der Waals surface area contributed by atoms with E-state index >= 15 is 0 Å². The van der Waals surface area contributed by atoms with E-state index in [4.69, 9.17) is 9.47 Å². The Labute approximate surface area is 122 Å². The van der Waals surface area contributed by atoms with Crippen LogP contribution < -0.4 is 10.1 Å². The van der Waals surface area contributed by atoms with Crippen LogP contribution in [0.15, 0.2) is 6.20 Å². The summed E-state index contributed by atoms with van der Waals surface area (Å²) in [6, 6.07) is 0.522. The van der Waals surface area contributed by atoms with Crippen LogP contribution >= 0.6 is 0 Å². The topological polar surface area (TPSA) is 48.3 Å². The summed E-state index contributed by atoms with van der Waals surface area (Å²) in [7, 11) is 1.70. The van der Waals surface area contributed by atoms with Crippen LogP contribution in [-0.2, 0) is 4.74 Å². The lowest BCUT2D eigenvalue weighted by Crippen LogP contribution is -2.27. The van der Waals surface area contributed by atoms with Crippen LogP contribution in [0.5, 0.6) is 5.75 Å². The first kappa shape index (κ1) is 17.0. The summed E-state index contributed by atoms with van der Waals surface area (Å²) in [6.07, 6.45) is 3.82. The third-order valence-corrected chi connectivity index (χ3v) is 3.23. The van der Waals surface area contributed by atoms with Gasteiger partial charge in [-0.15, -0.1) is 0 Å². The first-order chi connectivity index (χ1) is 9.65. The zero-order valence-electron chi connectivity index (χ0n) is 13.5. The zero-order valence-corrected chi connectivity index (χ0v) is 13.5. The van der Waals surface area contributed by atoms with Gasteiger partial charge in [0.25, 0.3) is 0 Å². The lowest BCUT2D eigenvalue weighted by atomic mass is 10.1. The van der Waals surface area contributed by atoms with Crippen LogP contribution in [0.2, 0.25) is 0 Å². The average molecular weight is 283 g/mol. The van der Waals surface area contributed by atoms with Gasteiger partial charge in [0.05, 0.1) is 25.0 Å². The summed E-state index contributed by atoms with van der Waals surface area (Å²) in [5.74, 6) is 0.851. The molecule has 0 radical (unpaired) electrons. The number of hydrogen-bond donors (Lipinski definition) is 1. The monoisotopic (exact) mass is 283 g/mol. The molecule has 1 unspecified atom stereocenters. The minimum atomic E-state index is 0.210. The molecule has 0 amide bonds. The van der Waals surface area contributed by atoms with Crippen molar-refractivity contribution in [1.82, 2.24) is 15.1 Å². The number of nitrogens with one attached hydrogen (secondary N) is 1. The molecule has 20 heavy (non-hydrogen) atoms. The van der Waals surface area contributed by atoms with Crippen molar-refractivity contribution in [2.75, 3.05) is 26.9 Å². The normalized spacial score (nSPS) is 12.9. The van der Waals surface area contributed by atoms with Crippen LogP contribution in [0, 0.1) is 0 Å². The van der Waals surface area contributed by atoms with Crippen LogP contribution in [0.1, 0.15) is 58.3 Å². The van der Waals surface area contributed by atoms with Crippen molar-refractivity contribution in [1.29, 1.82) is 0 Å². The lowest BCUT2D eigenvalue weighted by molar-refractivity contribution is 0.135. The van der Waals surface area contributed by atoms with E-state index in [0.717, 1.165) is 44.0 Å². The molecule has 1 heterocycles. The molecule has 0 aromatic carbocycles. The van der Waals surface area contributed by atoms with Gasteiger partial charge in [-0.2, -0.15) is 5.10 Å². The molecule has 5 nitrogen and oxygen atoms in total. The minimum Gasteiger partial charge on any atom is -0.493 e. The van der Waals surface area contributed by atoms with Crippen molar-refractivity contribution >= 4 is 0 Å². The van der Waals surface area contributed by atoms with E-state index in [2.05, 4.69) is 31.2 Å². The number of methoxy groups -OCH3 is 1. The first-order valence-corrected chi connectivity index (χ1v) is 7.58. The summed E-state index contributed by atoms with van der Waals surface area (Å²) >= 11 is 0. The predicted octanol–water partition coefficient (Wildman–Crippen LogP) is 2.94. The third kappa shape index (κ3) is 4.49. The van der Waals surface area contributed by atoms with Crippen LogP contribution in [0.3, 0.4) is 0 Å². The molecule has 0 aliphatic heterocycles. The zero-order chi connectivity index (χ0) is 15.0. The summed E-state index contributed by atoms with van der Waals surface area (Å²) in [5, 5.41) is 8.03. The second-order valence-corrected chi connectivity index (χ2v) is 5.13. The highest BCUT2D eigenvalue weighted by Gasteiger charge is 2.22. The van der Waals surface area contributed by atoms with Gasteiger partial charge in [-0.1, -0.05) is 6.92 Å². The maximum atomic E-state index is 5.51. The first-order valence-electron chi connectivity index (χ1n) is 7.58. The molecule has 1 rings (SSSR count). The van der Waals surface area contributed by atoms with Gasteiger partial charge in [-0.25, -0.2) is 0 Å². The Hall–Kier alpha value is -1.07. The van der Waals surface area contributed by atoms with Gasteiger partial charge < -0.3 is 14.8 Å². The molecule has 0 bridgehead atoms. The second-order valence-electron chi connectivity index (χ2n) is 5.13. The highest BCUT2D eigenvalue weighted by molar-refractivity contribution is 5.28. The third-order valence-electron chi connectivity index (χ3n) is 3.23. The van der Waals surface area contributed by atoms with Gasteiger partial charge in [0.15, 0.2) is 5.75 Å². The summed E-state index contributed by atoms with van der Waals surface area (Å²) < 4.78 is 13.0. The maximum Gasteiger partial charge on any atom is 0.161 e. The van der Waals surface area contributed by atoms with Crippen LogP contribution in [0.4, 0.5) is 0 Å². The van der Waals surface area contributed by atoms with Gasteiger partial charge in [-0.3, -0.25) is 4.68 Å². The Morgan fingerprint density at radius 1 is 1.35 bits per heavy atom. The fourth-order valence-corrected chi connectivity index (χ4v) is 2.26. The molecule has 0 fully saturated rings. The summed E-state index contributed by atoms with van der Waals surface area (Å²) in [5.41, 5.74) is 1.12. The number of aromatic nitrogens is 2. The number of nitrogens with zero attached hydrogens (tertiary/aromatic N) is 2. The lowest BCUT2D eigenvalue weighted by Gasteiger charge is -2.22. The van der Waals surface area contributed by atoms with Gasteiger partial charge in [0, 0.05) is 19.3 Å². The maximum absolute atomic E-state index is 5.51. The van der Waals surface area contributed by atoms with E-state index in [1.165, 1.54) is 0 Å². The molecule has 0 spiro atoms. The van der Waals surface area contributed by atoms with E-state index in [1.807, 2.05) is 11.6 Å². The fraction of sp³-hybridized carbons (Fsp3) is 0.800. The van der Waals surface area contributed by atoms with Crippen molar-refractivity contribution in [3.8, 4) is 5.75 Å². The largest absolute Gasteiger partial charge is 0.493 e. The molecular weight excluding hydrogens is 254 g/mol. The molecule has 116 valence electrons. The molecule has 0 aliphatic carbocycles. The Balaban J connectivity index is 2.94. The SMILES string of the molecule is CCCNC(CCOCC)c1c(OC)cnn1C(C)C. The number of rotatable bonds is 10. The predicted molar refractivity (Wildman–Crippen MR) is 81.3 cm³/mol. The van der Waals surface area contributed by atoms with Gasteiger partial charge >= 0.3 is 0 Å². The quantitative estimate of drug-likeness (QED) is 0.671. The molecule has 0 saturated heterocycles. The highest BCUT2D eigenvalue weighted by atomic mass is 16.5. The Bertz CT molecular complexity index is 377. The van der Waals surface area contributed by atoms with E-state index in [9.17, 15) is 0 Å². The molecule has 5 heteroatoms.